The van der Waals surface area contributed by atoms with E-state index < -0.39 is 28.4 Å². The monoisotopic (exact) mass is 416 g/mol. The van der Waals surface area contributed by atoms with Gasteiger partial charge >= 0.3 is 0 Å². The Labute approximate surface area is 161 Å². The van der Waals surface area contributed by atoms with Crippen molar-refractivity contribution in [2.24, 2.45) is 0 Å². The number of carbonyl (C=O) groups is 1. The average molecular weight is 417 g/mol. The minimum atomic E-state index is -3.74. The van der Waals surface area contributed by atoms with E-state index in [2.05, 4.69) is 10.0 Å². The van der Waals surface area contributed by atoms with Gasteiger partial charge in [0.1, 0.15) is 11.6 Å². The molecule has 0 saturated heterocycles. The average Bonchev–Trinajstić information content (AvgIpc) is 2.62. The fourth-order valence-corrected chi connectivity index (χ4v) is 3.36. The second kappa shape index (κ2) is 9.65. The van der Waals surface area contributed by atoms with Crippen LogP contribution in [0.2, 0.25) is 5.02 Å². The van der Waals surface area contributed by atoms with E-state index in [1.54, 1.807) is 6.07 Å². The van der Waals surface area contributed by atoms with E-state index in [9.17, 15) is 17.6 Å². The van der Waals surface area contributed by atoms with Gasteiger partial charge in [-0.25, -0.2) is 17.5 Å². The Bertz CT molecular complexity index is 908. The minimum absolute atomic E-state index is 0.0170. The Morgan fingerprint density at radius 2 is 1.96 bits per heavy atom. The second-order valence-electron chi connectivity index (χ2n) is 5.30. The maximum Gasteiger partial charge on any atom is 0.262 e. The van der Waals surface area contributed by atoms with Crippen LogP contribution in [0, 0.1) is 5.82 Å². The highest BCUT2D eigenvalue weighted by atomic mass is 35.5. The van der Waals surface area contributed by atoms with Crippen LogP contribution in [0.5, 0.6) is 5.75 Å². The lowest BCUT2D eigenvalue weighted by atomic mass is 10.3. The molecular weight excluding hydrogens is 399 g/mol. The molecule has 2 rings (SSSR count). The molecule has 0 unspecified atom stereocenters. The number of rotatable bonds is 9. The van der Waals surface area contributed by atoms with Crippen molar-refractivity contribution >= 4 is 33.2 Å². The van der Waals surface area contributed by atoms with Gasteiger partial charge in [-0.2, -0.15) is 0 Å². The van der Waals surface area contributed by atoms with E-state index in [1.807, 2.05) is 0 Å². The summed E-state index contributed by atoms with van der Waals surface area (Å²) in [5, 5.41) is 2.38. The SMILES string of the molecule is COCCNS(=O)(=O)c1ccc(OCC(=O)Nc2ccccc2F)c(Cl)c1. The number of benzene rings is 2. The topological polar surface area (TPSA) is 93.7 Å². The lowest BCUT2D eigenvalue weighted by Crippen LogP contribution is -2.27. The van der Waals surface area contributed by atoms with Crippen molar-refractivity contribution in [2.75, 3.05) is 32.2 Å². The third kappa shape index (κ3) is 6.17. The van der Waals surface area contributed by atoms with Gasteiger partial charge in [-0.15, -0.1) is 0 Å². The number of hydrogen-bond donors (Lipinski definition) is 2. The maximum atomic E-state index is 13.5. The summed E-state index contributed by atoms with van der Waals surface area (Å²) in [6.07, 6.45) is 0. The highest BCUT2D eigenvalue weighted by Gasteiger charge is 2.16. The quantitative estimate of drug-likeness (QED) is 0.612. The second-order valence-corrected chi connectivity index (χ2v) is 7.47. The van der Waals surface area contributed by atoms with Gasteiger partial charge in [-0.05, 0) is 30.3 Å². The van der Waals surface area contributed by atoms with Gasteiger partial charge in [-0.3, -0.25) is 4.79 Å². The number of hydrogen-bond acceptors (Lipinski definition) is 5. The van der Waals surface area contributed by atoms with Crippen LogP contribution < -0.4 is 14.8 Å². The largest absolute Gasteiger partial charge is 0.482 e. The number of nitrogens with one attached hydrogen (secondary N) is 2. The molecule has 0 atom stereocenters. The van der Waals surface area contributed by atoms with E-state index in [-0.39, 0.29) is 34.5 Å². The Hall–Kier alpha value is -2.20. The molecule has 2 aromatic rings. The van der Waals surface area contributed by atoms with Crippen molar-refractivity contribution in [3.05, 3.63) is 53.3 Å². The number of halogens is 2. The molecule has 146 valence electrons. The fraction of sp³-hybridized carbons (Fsp3) is 0.235. The van der Waals surface area contributed by atoms with Crippen molar-refractivity contribution in [1.82, 2.24) is 4.72 Å². The molecule has 0 heterocycles. The summed E-state index contributed by atoms with van der Waals surface area (Å²) in [4.78, 5) is 11.8. The summed E-state index contributed by atoms with van der Waals surface area (Å²) < 4.78 is 50.1. The number of methoxy groups -OCH3 is 1. The summed E-state index contributed by atoms with van der Waals surface area (Å²) in [5.74, 6) is -1.04. The number of para-hydroxylation sites is 1. The molecule has 2 aromatic carbocycles. The first-order valence-electron chi connectivity index (χ1n) is 7.79. The van der Waals surface area contributed by atoms with E-state index in [1.165, 1.54) is 43.5 Å². The molecule has 1 amide bonds. The van der Waals surface area contributed by atoms with Crippen LogP contribution in [0.15, 0.2) is 47.4 Å². The van der Waals surface area contributed by atoms with E-state index in [4.69, 9.17) is 21.1 Å². The van der Waals surface area contributed by atoms with Crippen LogP contribution in [0.25, 0.3) is 0 Å². The lowest BCUT2D eigenvalue weighted by molar-refractivity contribution is -0.118. The van der Waals surface area contributed by atoms with Gasteiger partial charge in [-0.1, -0.05) is 23.7 Å². The van der Waals surface area contributed by atoms with Crippen molar-refractivity contribution in [2.45, 2.75) is 4.90 Å². The molecular formula is C17H18ClFN2O5S. The van der Waals surface area contributed by atoms with Crippen LogP contribution in [0.4, 0.5) is 10.1 Å². The highest BCUT2D eigenvalue weighted by Crippen LogP contribution is 2.27. The molecule has 27 heavy (non-hydrogen) atoms. The van der Waals surface area contributed by atoms with Crippen LogP contribution in [0.3, 0.4) is 0 Å². The molecule has 0 aliphatic carbocycles. The lowest BCUT2D eigenvalue weighted by Gasteiger charge is -2.11. The smallest absolute Gasteiger partial charge is 0.262 e. The Kier molecular flexibility index (Phi) is 7.55. The molecule has 0 fully saturated rings. The maximum absolute atomic E-state index is 13.5. The van der Waals surface area contributed by atoms with Gasteiger partial charge in [0.2, 0.25) is 10.0 Å². The molecule has 0 bridgehead atoms. The van der Waals surface area contributed by atoms with Crippen molar-refractivity contribution < 1.29 is 27.1 Å². The number of anilines is 1. The third-order valence-corrected chi connectivity index (χ3v) is 5.07. The number of sulfonamides is 1. The van der Waals surface area contributed by atoms with Crippen LogP contribution in [-0.4, -0.2) is 41.2 Å². The third-order valence-electron chi connectivity index (χ3n) is 3.32. The van der Waals surface area contributed by atoms with Gasteiger partial charge < -0.3 is 14.8 Å². The van der Waals surface area contributed by atoms with Gasteiger partial charge in [0, 0.05) is 13.7 Å². The molecule has 0 radical (unpaired) electrons. The standard InChI is InChI=1S/C17H18ClFN2O5S/c1-25-9-8-20-27(23,24)12-6-7-16(13(18)10-12)26-11-17(22)21-15-5-3-2-4-14(15)19/h2-7,10,20H,8-9,11H2,1H3,(H,21,22). The summed E-state index contributed by atoms with van der Waals surface area (Å²) in [7, 11) is -2.28. The fourth-order valence-electron chi connectivity index (χ4n) is 2.02. The minimum Gasteiger partial charge on any atom is -0.482 e. The summed E-state index contributed by atoms with van der Waals surface area (Å²) >= 11 is 6.03. The van der Waals surface area contributed by atoms with Gasteiger partial charge in [0.15, 0.2) is 6.61 Å². The molecule has 0 aliphatic rings. The van der Waals surface area contributed by atoms with E-state index >= 15 is 0 Å². The first-order valence-corrected chi connectivity index (χ1v) is 9.65. The van der Waals surface area contributed by atoms with E-state index in [0.29, 0.717) is 0 Å². The Morgan fingerprint density at radius 1 is 1.22 bits per heavy atom. The molecule has 7 nitrogen and oxygen atoms in total. The number of ether oxygens (including phenoxy) is 2. The molecule has 0 aliphatic heterocycles. The summed E-state index contributed by atoms with van der Waals surface area (Å²) in [6, 6.07) is 9.55. The molecule has 10 heteroatoms. The molecule has 2 N–H and O–H groups in total. The van der Waals surface area contributed by atoms with Crippen molar-refractivity contribution in [3.8, 4) is 5.75 Å². The number of carbonyl (C=O) groups excluding carboxylic acids is 1. The predicted molar refractivity (Wildman–Crippen MR) is 99.0 cm³/mol. The molecule has 0 saturated carbocycles. The van der Waals surface area contributed by atoms with Crippen LogP contribution in [0.1, 0.15) is 0 Å². The normalized spacial score (nSPS) is 11.2. The molecule has 0 spiro atoms. The number of amides is 1. The Morgan fingerprint density at radius 3 is 2.63 bits per heavy atom. The van der Waals surface area contributed by atoms with Gasteiger partial charge in [0.25, 0.3) is 5.91 Å². The first-order chi connectivity index (χ1) is 12.8. The zero-order valence-electron chi connectivity index (χ0n) is 14.4. The predicted octanol–water partition coefficient (Wildman–Crippen LogP) is 2.42. The molecule has 0 aromatic heterocycles. The summed E-state index contributed by atoms with van der Waals surface area (Å²) in [5.41, 5.74) is 0.0285. The highest BCUT2D eigenvalue weighted by molar-refractivity contribution is 7.89. The Balaban J connectivity index is 1.97. The van der Waals surface area contributed by atoms with Crippen molar-refractivity contribution in [3.63, 3.8) is 0 Å². The first kappa shape index (κ1) is 21.1. The summed E-state index contributed by atoms with van der Waals surface area (Å²) in [6.45, 7) is -0.0809. The van der Waals surface area contributed by atoms with E-state index in [0.717, 1.165) is 0 Å². The van der Waals surface area contributed by atoms with Gasteiger partial charge in [0.05, 0.1) is 22.2 Å². The van der Waals surface area contributed by atoms with Crippen molar-refractivity contribution in [1.29, 1.82) is 0 Å². The zero-order valence-corrected chi connectivity index (χ0v) is 15.9. The van der Waals surface area contributed by atoms with Crippen LogP contribution in [-0.2, 0) is 19.6 Å². The van der Waals surface area contributed by atoms with Crippen LogP contribution >= 0.6 is 11.6 Å². The zero-order chi connectivity index (χ0) is 19.9.